The van der Waals surface area contributed by atoms with Gasteiger partial charge in [0.1, 0.15) is 6.10 Å². The molecule has 1 aromatic rings. The van der Waals surface area contributed by atoms with Crippen LogP contribution in [0.1, 0.15) is 29.6 Å². The maximum atomic E-state index is 12.3. The number of ether oxygens (including phenoxy) is 1. The molecule has 1 saturated heterocycles. The number of nitrogens with one attached hydrogen (secondary N) is 2. The molecule has 0 aromatic heterocycles. The van der Waals surface area contributed by atoms with Crippen molar-refractivity contribution in [2.24, 2.45) is 11.5 Å². The minimum atomic E-state index is -0.565. The van der Waals surface area contributed by atoms with Gasteiger partial charge in [0, 0.05) is 19.5 Å². The Kier molecular flexibility index (Phi) is 6.28. The fourth-order valence-electron chi connectivity index (χ4n) is 2.47. The molecule has 0 radical (unpaired) electrons. The summed E-state index contributed by atoms with van der Waals surface area (Å²) in [4.78, 5) is 35.2. The molecule has 3 amide bonds. The minimum absolute atomic E-state index is 0.0522. The van der Waals surface area contributed by atoms with Crippen LogP contribution < -0.4 is 22.1 Å². The van der Waals surface area contributed by atoms with Crippen LogP contribution in [0, 0.1) is 0 Å². The maximum Gasteiger partial charge on any atom is 0.253 e. The van der Waals surface area contributed by atoms with Crippen LogP contribution in [0.25, 0.3) is 0 Å². The van der Waals surface area contributed by atoms with Gasteiger partial charge in [-0.2, -0.15) is 0 Å². The number of carbonyl (C=O) groups excluding carboxylic acids is 3. The van der Waals surface area contributed by atoms with Crippen molar-refractivity contribution in [1.29, 1.82) is 0 Å². The predicted octanol–water partition coefficient (Wildman–Crippen LogP) is -0.263. The molecule has 24 heavy (non-hydrogen) atoms. The summed E-state index contributed by atoms with van der Waals surface area (Å²) in [6.07, 6.45) is 0.721. The highest BCUT2D eigenvalue weighted by Crippen LogP contribution is 2.22. The summed E-state index contributed by atoms with van der Waals surface area (Å²) in [6, 6.07) is 6.63. The third-order valence-corrected chi connectivity index (χ3v) is 3.75. The minimum Gasteiger partial charge on any atom is -0.370 e. The number of carbonyl (C=O) groups is 3. The zero-order valence-electron chi connectivity index (χ0n) is 13.3. The summed E-state index contributed by atoms with van der Waals surface area (Å²) in [5.41, 5.74) is 11.3. The summed E-state index contributed by atoms with van der Waals surface area (Å²) >= 11 is 0. The molecule has 0 unspecified atom stereocenters. The summed E-state index contributed by atoms with van der Waals surface area (Å²) < 4.78 is 5.55. The Morgan fingerprint density at radius 2 is 1.96 bits per heavy atom. The Bertz CT molecular complexity index is 620. The van der Waals surface area contributed by atoms with Crippen molar-refractivity contribution in [3.05, 3.63) is 29.8 Å². The zero-order valence-corrected chi connectivity index (χ0v) is 13.3. The lowest BCUT2D eigenvalue weighted by Crippen LogP contribution is -2.32. The monoisotopic (exact) mass is 334 g/mol. The highest BCUT2D eigenvalue weighted by atomic mass is 16.5. The van der Waals surface area contributed by atoms with Gasteiger partial charge in [-0.05, 0) is 25.0 Å². The van der Waals surface area contributed by atoms with Crippen molar-refractivity contribution in [3.8, 4) is 0 Å². The highest BCUT2D eigenvalue weighted by Gasteiger charge is 2.30. The molecule has 8 nitrogen and oxygen atoms in total. The molecule has 0 saturated carbocycles. The first-order valence-electron chi connectivity index (χ1n) is 7.83. The Morgan fingerprint density at radius 1 is 1.21 bits per heavy atom. The van der Waals surface area contributed by atoms with Crippen molar-refractivity contribution < 1.29 is 19.1 Å². The van der Waals surface area contributed by atoms with E-state index in [1.54, 1.807) is 24.3 Å². The largest absolute Gasteiger partial charge is 0.370 e. The molecule has 1 aliphatic heterocycles. The smallest absolute Gasteiger partial charge is 0.253 e. The number of nitrogens with two attached hydrogens (primary N) is 2. The van der Waals surface area contributed by atoms with Gasteiger partial charge in [-0.1, -0.05) is 12.1 Å². The number of hydrogen-bond acceptors (Lipinski definition) is 5. The molecule has 0 bridgehead atoms. The molecule has 1 aromatic carbocycles. The number of benzene rings is 1. The number of hydrogen-bond donors (Lipinski definition) is 4. The SMILES string of the molecule is NC[C@H]1CC[C@@H](C(=O)Nc2ccccc2C(=O)NCCC(N)=O)O1. The lowest BCUT2D eigenvalue weighted by molar-refractivity contribution is -0.126. The molecule has 0 spiro atoms. The fourth-order valence-corrected chi connectivity index (χ4v) is 2.47. The van der Waals surface area contributed by atoms with Gasteiger partial charge in [-0.25, -0.2) is 0 Å². The molecule has 1 aliphatic rings. The Balaban J connectivity index is 1.99. The van der Waals surface area contributed by atoms with E-state index in [0.717, 1.165) is 6.42 Å². The van der Waals surface area contributed by atoms with Gasteiger partial charge in [0.05, 0.1) is 17.4 Å². The lowest BCUT2D eigenvalue weighted by Gasteiger charge is -2.15. The zero-order chi connectivity index (χ0) is 17.5. The molecule has 2 atom stereocenters. The van der Waals surface area contributed by atoms with Crippen LogP contribution in [-0.4, -0.2) is 43.0 Å². The van der Waals surface area contributed by atoms with Gasteiger partial charge in [0.2, 0.25) is 5.91 Å². The summed E-state index contributed by atoms with van der Waals surface area (Å²) in [6.45, 7) is 0.517. The molecule has 1 fully saturated rings. The topological polar surface area (TPSA) is 137 Å². The van der Waals surface area contributed by atoms with Crippen LogP contribution in [0.15, 0.2) is 24.3 Å². The first-order valence-corrected chi connectivity index (χ1v) is 7.83. The van der Waals surface area contributed by atoms with E-state index >= 15 is 0 Å². The molecule has 6 N–H and O–H groups in total. The summed E-state index contributed by atoms with van der Waals surface area (Å²) in [5, 5.41) is 5.31. The van der Waals surface area contributed by atoms with E-state index in [0.29, 0.717) is 24.2 Å². The molecule has 2 rings (SSSR count). The van der Waals surface area contributed by atoms with Gasteiger partial charge in [0.25, 0.3) is 11.8 Å². The van der Waals surface area contributed by atoms with Crippen molar-refractivity contribution >= 4 is 23.4 Å². The van der Waals surface area contributed by atoms with Gasteiger partial charge in [0.15, 0.2) is 0 Å². The number of amides is 3. The van der Waals surface area contributed by atoms with Crippen LogP contribution in [0.2, 0.25) is 0 Å². The van der Waals surface area contributed by atoms with Crippen LogP contribution in [0.5, 0.6) is 0 Å². The number of para-hydroxylation sites is 1. The Hall–Kier alpha value is -2.45. The molecule has 130 valence electrons. The number of anilines is 1. The van der Waals surface area contributed by atoms with E-state index in [9.17, 15) is 14.4 Å². The van der Waals surface area contributed by atoms with E-state index in [4.69, 9.17) is 16.2 Å². The second-order valence-corrected chi connectivity index (χ2v) is 5.57. The first kappa shape index (κ1) is 17.9. The van der Waals surface area contributed by atoms with Gasteiger partial charge < -0.3 is 26.8 Å². The average molecular weight is 334 g/mol. The second-order valence-electron chi connectivity index (χ2n) is 5.57. The second kappa shape index (κ2) is 8.42. The van der Waals surface area contributed by atoms with Crippen molar-refractivity contribution in [3.63, 3.8) is 0 Å². The van der Waals surface area contributed by atoms with Crippen molar-refractivity contribution in [2.45, 2.75) is 31.5 Å². The maximum absolute atomic E-state index is 12.3. The fraction of sp³-hybridized carbons (Fsp3) is 0.438. The third-order valence-electron chi connectivity index (χ3n) is 3.75. The summed E-state index contributed by atoms with van der Waals surface area (Å²) in [7, 11) is 0. The van der Waals surface area contributed by atoms with Crippen LogP contribution in [-0.2, 0) is 14.3 Å². The van der Waals surface area contributed by atoms with E-state index in [1.165, 1.54) is 0 Å². The predicted molar refractivity (Wildman–Crippen MR) is 88.2 cm³/mol. The quantitative estimate of drug-likeness (QED) is 0.544. The van der Waals surface area contributed by atoms with Crippen molar-refractivity contribution in [1.82, 2.24) is 5.32 Å². The van der Waals surface area contributed by atoms with Gasteiger partial charge in [-0.3, -0.25) is 14.4 Å². The molecule has 8 heteroatoms. The standard InChI is InChI=1S/C16H22N4O4/c17-9-10-5-6-13(24-10)16(23)20-12-4-2-1-3-11(12)15(22)19-8-7-14(18)21/h1-4,10,13H,5-9,17H2,(H2,18,21)(H,19,22)(H,20,23)/t10-,13+/m1/s1. The van der Waals surface area contributed by atoms with E-state index in [-0.39, 0.29) is 30.9 Å². The number of primary amides is 1. The lowest BCUT2D eigenvalue weighted by atomic mass is 10.1. The van der Waals surface area contributed by atoms with E-state index < -0.39 is 12.0 Å². The van der Waals surface area contributed by atoms with Crippen molar-refractivity contribution in [2.75, 3.05) is 18.4 Å². The first-order chi connectivity index (χ1) is 11.5. The van der Waals surface area contributed by atoms with E-state index in [2.05, 4.69) is 10.6 Å². The third kappa shape index (κ3) is 4.77. The van der Waals surface area contributed by atoms with Crippen LogP contribution in [0.4, 0.5) is 5.69 Å². The molecular weight excluding hydrogens is 312 g/mol. The van der Waals surface area contributed by atoms with Crippen LogP contribution in [0.3, 0.4) is 0 Å². The Labute approximate surface area is 139 Å². The van der Waals surface area contributed by atoms with E-state index in [1.807, 2.05) is 0 Å². The van der Waals surface area contributed by atoms with Gasteiger partial charge >= 0.3 is 0 Å². The normalized spacial score (nSPS) is 19.7. The average Bonchev–Trinajstić information content (AvgIpc) is 3.04. The van der Waals surface area contributed by atoms with Gasteiger partial charge in [-0.15, -0.1) is 0 Å². The summed E-state index contributed by atoms with van der Waals surface area (Å²) in [5.74, 6) is -1.19. The molecule has 1 heterocycles. The number of rotatable bonds is 7. The molecule has 0 aliphatic carbocycles. The highest BCUT2D eigenvalue weighted by molar-refractivity contribution is 6.04. The molecular formula is C16H22N4O4. The Morgan fingerprint density at radius 3 is 2.62 bits per heavy atom. The van der Waals surface area contributed by atoms with Crippen LogP contribution >= 0.6 is 0 Å².